The van der Waals surface area contributed by atoms with E-state index in [1.807, 2.05) is 22.6 Å². The van der Waals surface area contributed by atoms with Crippen LogP contribution in [0.4, 0.5) is 15.8 Å². The van der Waals surface area contributed by atoms with Gasteiger partial charge in [0.25, 0.3) is 0 Å². The standard InChI is InChI=1S/C12H15FIN3O2/c1-16-12(18)11-6-19-3-2-17(11)10-4-7(13)8(14)5-9(10)15/h4-5,11H,2-3,6,15H2,1H3,(H,16,18). The van der Waals surface area contributed by atoms with Crippen LogP contribution in [0.25, 0.3) is 0 Å². The van der Waals surface area contributed by atoms with E-state index < -0.39 is 6.04 Å². The first-order valence-electron chi connectivity index (χ1n) is 5.85. The average Bonchev–Trinajstić information content (AvgIpc) is 2.42. The summed E-state index contributed by atoms with van der Waals surface area (Å²) in [6.07, 6.45) is 0. The van der Waals surface area contributed by atoms with E-state index in [0.29, 0.717) is 28.1 Å². The van der Waals surface area contributed by atoms with E-state index >= 15 is 0 Å². The molecule has 0 bridgehead atoms. The first-order valence-corrected chi connectivity index (χ1v) is 6.93. The Bertz CT molecular complexity index is 498. The van der Waals surface area contributed by atoms with Crippen molar-refractivity contribution in [1.29, 1.82) is 0 Å². The van der Waals surface area contributed by atoms with Crippen LogP contribution in [0.2, 0.25) is 0 Å². The predicted molar refractivity (Wildman–Crippen MR) is 79.5 cm³/mol. The maximum absolute atomic E-state index is 13.7. The highest BCUT2D eigenvalue weighted by Crippen LogP contribution is 2.30. The number of benzene rings is 1. The van der Waals surface area contributed by atoms with Crippen LogP contribution in [0.1, 0.15) is 0 Å². The fraction of sp³-hybridized carbons (Fsp3) is 0.417. The minimum Gasteiger partial charge on any atom is -0.397 e. The van der Waals surface area contributed by atoms with E-state index in [1.165, 1.54) is 6.07 Å². The third kappa shape index (κ3) is 2.92. The Morgan fingerprint density at radius 1 is 1.63 bits per heavy atom. The first kappa shape index (κ1) is 14.3. The van der Waals surface area contributed by atoms with Gasteiger partial charge >= 0.3 is 0 Å². The molecule has 0 spiro atoms. The number of halogens is 2. The van der Waals surface area contributed by atoms with Crippen LogP contribution >= 0.6 is 22.6 Å². The number of carbonyl (C=O) groups excluding carboxylic acids is 1. The van der Waals surface area contributed by atoms with Crippen molar-refractivity contribution in [2.24, 2.45) is 0 Å². The monoisotopic (exact) mass is 379 g/mol. The summed E-state index contributed by atoms with van der Waals surface area (Å²) in [6.45, 7) is 1.26. The molecule has 1 aliphatic rings. The molecule has 104 valence electrons. The zero-order chi connectivity index (χ0) is 14.0. The van der Waals surface area contributed by atoms with Gasteiger partial charge in [-0.05, 0) is 28.7 Å². The third-order valence-corrected chi connectivity index (χ3v) is 3.88. The largest absolute Gasteiger partial charge is 0.397 e. The second-order valence-electron chi connectivity index (χ2n) is 4.22. The van der Waals surface area contributed by atoms with Crippen molar-refractivity contribution in [3.8, 4) is 0 Å². The van der Waals surface area contributed by atoms with Crippen LogP contribution in [0.3, 0.4) is 0 Å². The lowest BCUT2D eigenvalue weighted by Gasteiger charge is -2.36. The summed E-state index contributed by atoms with van der Waals surface area (Å²) < 4.78 is 19.5. The first-order chi connectivity index (χ1) is 9.04. The molecule has 1 aliphatic heterocycles. The Labute approximate surface area is 124 Å². The number of rotatable bonds is 2. The molecule has 1 aromatic carbocycles. The summed E-state index contributed by atoms with van der Waals surface area (Å²) in [5.41, 5.74) is 6.94. The number of nitrogens with two attached hydrogens (primary N) is 1. The summed E-state index contributed by atoms with van der Waals surface area (Å²) >= 11 is 1.89. The SMILES string of the molecule is CNC(=O)C1COCCN1c1cc(F)c(I)cc1N. The molecule has 1 atom stereocenters. The summed E-state index contributed by atoms with van der Waals surface area (Å²) in [4.78, 5) is 13.6. The second-order valence-corrected chi connectivity index (χ2v) is 5.39. The molecular formula is C12H15FIN3O2. The Kier molecular flexibility index (Phi) is 4.46. The van der Waals surface area contributed by atoms with Crippen molar-refractivity contribution in [3.63, 3.8) is 0 Å². The zero-order valence-electron chi connectivity index (χ0n) is 10.5. The lowest BCUT2D eigenvalue weighted by atomic mass is 10.1. The quantitative estimate of drug-likeness (QED) is 0.594. The summed E-state index contributed by atoms with van der Waals surface area (Å²) in [6, 6.07) is 2.46. The molecule has 5 nitrogen and oxygen atoms in total. The molecule has 7 heteroatoms. The smallest absolute Gasteiger partial charge is 0.244 e. The number of nitrogens with zero attached hydrogens (tertiary/aromatic N) is 1. The maximum Gasteiger partial charge on any atom is 0.244 e. The van der Waals surface area contributed by atoms with Gasteiger partial charge in [-0.1, -0.05) is 0 Å². The predicted octanol–water partition coefficient (Wildman–Crippen LogP) is 0.964. The molecule has 2 rings (SSSR count). The topological polar surface area (TPSA) is 67.6 Å². The molecule has 1 fully saturated rings. The van der Waals surface area contributed by atoms with Crippen molar-refractivity contribution in [3.05, 3.63) is 21.5 Å². The number of ether oxygens (including phenoxy) is 1. The third-order valence-electron chi connectivity index (χ3n) is 3.06. The van der Waals surface area contributed by atoms with Gasteiger partial charge in [-0.3, -0.25) is 4.79 Å². The van der Waals surface area contributed by atoms with Gasteiger partial charge in [0.1, 0.15) is 11.9 Å². The number of likely N-dealkylation sites (N-methyl/N-ethyl adjacent to an activating group) is 1. The van der Waals surface area contributed by atoms with Crippen LogP contribution in [0, 0.1) is 9.39 Å². The zero-order valence-corrected chi connectivity index (χ0v) is 12.6. The van der Waals surface area contributed by atoms with Gasteiger partial charge in [0.05, 0.1) is 28.2 Å². The van der Waals surface area contributed by atoms with Crippen LogP contribution < -0.4 is 16.0 Å². The number of carbonyl (C=O) groups is 1. The number of morpholine rings is 1. The van der Waals surface area contributed by atoms with Crippen LogP contribution in [0.15, 0.2) is 12.1 Å². The Morgan fingerprint density at radius 3 is 3.05 bits per heavy atom. The maximum atomic E-state index is 13.7. The van der Waals surface area contributed by atoms with Gasteiger partial charge in [-0.2, -0.15) is 0 Å². The lowest BCUT2D eigenvalue weighted by Crippen LogP contribution is -2.53. The molecule has 1 heterocycles. The summed E-state index contributed by atoms with van der Waals surface area (Å²) in [5, 5.41) is 2.58. The Hall–Kier alpha value is -1.09. The molecule has 0 saturated carbocycles. The highest BCUT2D eigenvalue weighted by Gasteiger charge is 2.30. The highest BCUT2D eigenvalue weighted by molar-refractivity contribution is 14.1. The Morgan fingerprint density at radius 2 is 2.37 bits per heavy atom. The van der Waals surface area contributed by atoms with E-state index in [4.69, 9.17) is 10.5 Å². The molecule has 1 aromatic rings. The molecule has 0 aromatic heterocycles. The van der Waals surface area contributed by atoms with Crippen LogP contribution in [-0.4, -0.2) is 38.8 Å². The number of amides is 1. The van der Waals surface area contributed by atoms with Crippen LogP contribution in [-0.2, 0) is 9.53 Å². The molecule has 3 N–H and O–H groups in total. The normalized spacial score (nSPS) is 19.3. The van der Waals surface area contributed by atoms with E-state index in [1.54, 1.807) is 18.0 Å². The van der Waals surface area contributed by atoms with Crippen LogP contribution in [0.5, 0.6) is 0 Å². The summed E-state index contributed by atoms with van der Waals surface area (Å²) in [5.74, 6) is -0.509. The Balaban J connectivity index is 2.37. The van der Waals surface area contributed by atoms with Crippen molar-refractivity contribution < 1.29 is 13.9 Å². The van der Waals surface area contributed by atoms with E-state index in [0.717, 1.165) is 0 Å². The molecule has 1 saturated heterocycles. The number of nitrogens with one attached hydrogen (secondary N) is 1. The lowest BCUT2D eigenvalue weighted by molar-refractivity contribution is -0.124. The van der Waals surface area contributed by atoms with Crippen molar-refractivity contribution in [2.75, 3.05) is 37.4 Å². The fourth-order valence-corrected chi connectivity index (χ4v) is 2.57. The van der Waals surface area contributed by atoms with E-state index in [-0.39, 0.29) is 18.3 Å². The minimum atomic E-state index is -0.486. The van der Waals surface area contributed by atoms with Gasteiger partial charge in [0, 0.05) is 19.7 Å². The molecule has 1 amide bonds. The van der Waals surface area contributed by atoms with Crippen molar-refractivity contribution in [2.45, 2.75) is 6.04 Å². The van der Waals surface area contributed by atoms with Gasteiger partial charge in [-0.25, -0.2) is 4.39 Å². The average molecular weight is 379 g/mol. The molecule has 1 unspecified atom stereocenters. The fourth-order valence-electron chi connectivity index (χ4n) is 2.08. The minimum absolute atomic E-state index is 0.168. The number of nitrogen functional groups attached to an aromatic ring is 1. The number of anilines is 2. The molecular weight excluding hydrogens is 364 g/mol. The van der Waals surface area contributed by atoms with E-state index in [2.05, 4.69) is 5.32 Å². The highest BCUT2D eigenvalue weighted by atomic mass is 127. The van der Waals surface area contributed by atoms with Gasteiger partial charge in [0.2, 0.25) is 5.91 Å². The summed E-state index contributed by atoms with van der Waals surface area (Å²) in [7, 11) is 1.56. The molecule has 0 radical (unpaired) electrons. The van der Waals surface area contributed by atoms with Gasteiger partial charge in [0.15, 0.2) is 0 Å². The second kappa shape index (κ2) is 5.91. The van der Waals surface area contributed by atoms with Gasteiger partial charge < -0.3 is 20.7 Å². The molecule has 0 aliphatic carbocycles. The molecule has 19 heavy (non-hydrogen) atoms. The van der Waals surface area contributed by atoms with Crippen molar-refractivity contribution in [1.82, 2.24) is 5.32 Å². The number of hydrogen-bond donors (Lipinski definition) is 2. The van der Waals surface area contributed by atoms with Crippen molar-refractivity contribution >= 4 is 39.9 Å². The van der Waals surface area contributed by atoms with Gasteiger partial charge in [-0.15, -0.1) is 0 Å². The van der Waals surface area contributed by atoms with E-state index in [9.17, 15) is 9.18 Å². The number of hydrogen-bond acceptors (Lipinski definition) is 4.